The monoisotopic (exact) mass is 441 g/mol. The highest BCUT2D eigenvalue weighted by atomic mass is 19.3. The number of hydrogen-bond donors (Lipinski definition) is 1. The molecule has 0 saturated carbocycles. The van der Waals surface area contributed by atoms with E-state index in [2.05, 4.69) is 10.1 Å². The minimum absolute atomic E-state index is 0.0870. The number of esters is 1. The number of anilines is 1. The van der Waals surface area contributed by atoms with Gasteiger partial charge in [0.05, 0.1) is 7.11 Å². The molecule has 1 N–H and O–H groups in total. The number of rotatable bonds is 8. The summed E-state index contributed by atoms with van der Waals surface area (Å²) < 4.78 is 39.3. The Bertz CT molecular complexity index is 1150. The van der Waals surface area contributed by atoms with Gasteiger partial charge in [0.2, 0.25) is 0 Å². The van der Waals surface area contributed by atoms with Crippen LogP contribution in [0.15, 0.2) is 66.7 Å². The van der Waals surface area contributed by atoms with Gasteiger partial charge in [0, 0.05) is 11.8 Å². The Balaban J connectivity index is 1.58. The van der Waals surface area contributed by atoms with Crippen molar-refractivity contribution in [3.63, 3.8) is 0 Å². The molecule has 3 aromatic rings. The van der Waals surface area contributed by atoms with Crippen LogP contribution in [-0.4, -0.2) is 31.7 Å². The van der Waals surface area contributed by atoms with Gasteiger partial charge in [0.1, 0.15) is 0 Å². The molecular formula is C24H21F2NO5. The van der Waals surface area contributed by atoms with Crippen molar-refractivity contribution in [2.24, 2.45) is 0 Å². The summed E-state index contributed by atoms with van der Waals surface area (Å²) in [5.74, 6) is -1.25. The number of benzene rings is 3. The summed E-state index contributed by atoms with van der Waals surface area (Å²) in [7, 11) is 1.31. The fraction of sp³-hybridized carbons (Fsp3) is 0.167. The molecule has 0 aliphatic carbocycles. The van der Waals surface area contributed by atoms with Crippen LogP contribution in [0.3, 0.4) is 0 Å². The lowest BCUT2D eigenvalue weighted by Crippen LogP contribution is -2.29. The molecule has 32 heavy (non-hydrogen) atoms. The first-order valence-corrected chi connectivity index (χ1v) is 9.67. The lowest BCUT2D eigenvalue weighted by molar-refractivity contribution is -0.148. The van der Waals surface area contributed by atoms with E-state index in [1.54, 1.807) is 6.07 Å². The van der Waals surface area contributed by atoms with Crippen molar-refractivity contribution in [3.05, 3.63) is 72.3 Å². The van der Waals surface area contributed by atoms with E-state index in [-0.39, 0.29) is 11.5 Å². The van der Waals surface area contributed by atoms with Crippen molar-refractivity contribution < 1.29 is 32.6 Å². The van der Waals surface area contributed by atoms with Crippen molar-refractivity contribution >= 4 is 34.4 Å². The third-order valence-corrected chi connectivity index (χ3v) is 4.49. The van der Waals surface area contributed by atoms with Crippen molar-refractivity contribution in [1.29, 1.82) is 0 Å². The van der Waals surface area contributed by atoms with E-state index in [1.165, 1.54) is 38.3 Å². The Morgan fingerprint density at radius 2 is 1.72 bits per heavy atom. The van der Waals surface area contributed by atoms with Gasteiger partial charge in [0.15, 0.2) is 17.6 Å². The highest BCUT2D eigenvalue weighted by Crippen LogP contribution is 2.29. The predicted molar refractivity (Wildman–Crippen MR) is 117 cm³/mol. The first kappa shape index (κ1) is 22.7. The van der Waals surface area contributed by atoms with Crippen LogP contribution in [0, 0.1) is 0 Å². The van der Waals surface area contributed by atoms with Crippen molar-refractivity contribution in [3.8, 4) is 11.5 Å². The molecule has 1 atom stereocenters. The maximum atomic E-state index is 12.4. The fourth-order valence-electron chi connectivity index (χ4n) is 2.92. The lowest BCUT2D eigenvalue weighted by atomic mass is 10.1. The zero-order valence-corrected chi connectivity index (χ0v) is 17.4. The van der Waals surface area contributed by atoms with Crippen LogP contribution in [0.5, 0.6) is 11.5 Å². The maximum Gasteiger partial charge on any atom is 0.387 e. The third-order valence-electron chi connectivity index (χ3n) is 4.49. The van der Waals surface area contributed by atoms with E-state index in [0.717, 1.165) is 16.8 Å². The molecule has 0 bridgehead atoms. The molecule has 8 heteroatoms. The summed E-state index contributed by atoms with van der Waals surface area (Å²) >= 11 is 0. The number of halogens is 2. The molecule has 1 unspecified atom stereocenters. The van der Waals surface area contributed by atoms with Gasteiger partial charge in [-0.25, -0.2) is 4.79 Å². The second-order valence-electron chi connectivity index (χ2n) is 6.75. The molecule has 1 amide bonds. The Hall–Kier alpha value is -3.94. The second kappa shape index (κ2) is 10.4. The summed E-state index contributed by atoms with van der Waals surface area (Å²) in [6, 6.07) is 17.4. The van der Waals surface area contributed by atoms with Crippen LogP contribution in [-0.2, 0) is 14.3 Å². The number of methoxy groups -OCH3 is 1. The third kappa shape index (κ3) is 6.04. The smallest absolute Gasteiger partial charge is 0.387 e. The number of carbonyl (C=O) groups is 2. The van der Waals surface area contributed by atoms with E-state index in [4.69, 9.17) is 9.47 Å². The molecule has 6 nitrogen and oxygen atoms in total. The average Bonchev–Trinajstić information content (AvgIpc) is 2.77. The maximum absolute atomic E-state index is 12.4. The Labute approximate surface area is 183 Å². The van der Waals surface area contributed by atoms with Crippen LogP contribution < -0.4 is 14.8 Å². The predicted octanol–water partition coefficient (Wildman–Crippen LogP) is 5.03. The average molecular weight is 441 g/mol. The summed E-state index contributed by atoms with van der Waals surface area (Å²) in [5.41, 5.74) is 1.08. The molecule has 0 spiro atoms. The largest absolute Gasteiger partial charge is 0.493 e. The molecule has 3 rings (SSSR count). The molecule has 3 aromatic carbocycles. The van der Waals surface area contributed by atoms with Gasteiger partial charge in [-0.15, -0.1) is 0 Å². The number of nitrogens with one attached hydrogen (secondary N) is 1. The van der Waals surface area contributed by atoms with Crippen LogP contribution in [0.1, 0.15) is 12.5 Å². The topological polar surface area (TPSA) is 73.9 Å². The number of ether oxygens (including phenoxy) is 3. The van der Waals surface area contributed by atoms with Gasteiger partial charge >= 0.3 is 12.6 Å². The molecule has 0 radical (unpaired) electrons. The van der Waals surface area contributed by atoms with E-state index in [1.807, 2.05) is 36.4 Å². The standard InChI is InChI=1S/C24H21F2NO5/c1-15(23(29)27-19-10-9-17-5-3-4-6-18(17)14-19)31-22(28)12-8-16-7-11-20(32-24(25)26)21(13-16)30-2/h3-15,24H,1-2H3,(H,27,29). The number of carbonyl (C=O) groups excluding carboxylic acids is 2. The number of alkyl halides is 2. The number of hydrogen-bond acceptors (Lipinski definition) is 5. The Morgan fingerprint density at radius 1 is 0.969 bits per heavy atom. The summed E-state index contributed by atoms with van der Waals surface area (Å²) in [5, 5.41) is 4.73. The minimum atomic E-state index is -2.98. The molecule has 0 fully saturated rings. The van der Waals surface area contributed by atoms with E-state index in [9.17, 15) is 18.4 Å². The highest BCUT2D eigenvalue weighted by molar-refractivity contribution is 5.98. The van der Waals surface area contributed by atoms with Gasteiger partial charge in [0.25, 0.3) is 5.91 Å². The zero-order valence-electron chi connectivity index (χ0n) is 17.4. The van der Waals surface area contributed by atoms with E-state index >= 15 is 0 Å². The molecule has 0 aliphatic rings. The first-order chi connectivity index (χ1) is 15.4. The number of amides is 1. The van der Waals surface area contributed by atoms with Gasteiger partial charge < -0.3 is 19.5 Å². The normalized spacial score (nSPS) is 12.0. The lowest BCUT2D eigenvalue weighted by Gasteiger charge is -2.13. The first-order valence-electron chi connectivity index (χ1n) is 9.67. The molecular weight excluding hydrogens is 420 g/mol. The Morgan fingerprint density at radius 3 is 2.44 bits per heavy atom. The fourth-order valence-corrected chi connectivity index (χ4v) is 2.92. The highest BCUT2D eigenvalue weighted by Gasteiger charge is 2.17. The summed E-state index contributed by atoms with van der Waals surface area (Å²) in [6.45, 7) is -1.52. The van der Waals surface area contributed by atoms with Crippen LogP contribution in [0.4, 0.5) is 14.5 Å². The summed E-state index contributed by atoms with van der Waals surface area (Å²) in [4.78, 5) is 24.4. The van der Waals surface area contributed by atoms with Crippen molar-refractivity contribution in [2.45, 2.75) is 19.6 Å². The van der Waals surface area contributed by atoms with Crippen molar-refractivity contribution in [2.75, 3.05) is 12.4 Å². The quantitative estimate of drug-likeness (QED) is 0.392. The van der Waals surface area contributed by atoms with Gasteiger partial charge in [-0.05, 0) is 53.6 Å². The summed E-state index contributed by atoms with van der Waals surface area (Å²) in [6.07, 6.45) is 1.50. The van der Waals surface area contributed by atoms with E-state index in [0.29, 0.717) is 11.3 Å². The van der Waals surface area contributed by atoms with Crippen LogP contribution in [0.2, 0.25) is 0 Å². The van der Waals surface area contributed by atoms with E-state index < -0.39 is 24.6 Å². The zero-order chi connectivity index (χ0) is 23.1. The van der Waals surface area contributed by atoms with Crippen LogP contribution in [0.25, 0.3) is 16.8 Å². The molecule has 0 aromatic heterocycles. The van der Waals surface area contributed by atoms with Crippen LogP contribution >= 0.6 is 0 Å². The molecule has 166 valence electrons. The minimum Gasteiger partial charge on any atom is -0.493 e. The number of fused-ring (bicyclic) bond motifs is 1. The molecule has 0 heterocycles. The molecule has 0 saturated heterocycles. The SMILES string of the molecule is COc1cc(C=CC(=O)OC(C)C(=O)Nc2ccc3ccccc3c2)ccc1OC(F)F. The second-order valence-corrected chi connectivity index (χ2v) is 6.75. The van der Waals surface area contributed by atoms with Gasteiger partial charge in [-0.3, -0.25) is 4.79 Å². The Kier molecular flexibility index (Phi) is 7.38. The molecule has 0 aliphatic heterocycles. The van der Waals surface area contributed by atoms with Crippen molar-refractivity contribution in [1.82, 2.24) is 0 Å². The van der Waals surface area contributed by atoms with Gasteiger partial charge in [-0.2, -0.15) is 8.78 Å². The van der Waals surface area contributed by atoms with Gasteiger partial charge in [-0.1, -0.05) is 36.4 Å².